The Morgan fingerprint density at radius 3 is 2.50 bits per heavy atom. The molecule has 0 aliphatic rings. The summed E-state index contributed by atoms with van der Waals surface area (Å²) in [7, 11) is 0. The molecule has 0 unspecified atom stereocenters. The van der Waals surface area contributed by atoms with E-state index >= 15 is 0 Å². The fourth-order valence-electron chi connectivity index (χ4n) is 2.41. The number of benzene rings is 1. The lowest BCUT2D eigenvalue weighted by atomic mass is 10.1. The second-order valence-electron chi connectivity index (χ2n) is 4.58. The molecule has 3 nitrogen and oxygen atoms in total. The highest BCUT2D eigenvalue weighted by Crippen LogP contribution is 2.21. The summed E-state index contributed by atoms with van der Waals surface area (Å²) in [5.41, 5.74) is 6.36. The maximum absolute atomic E-state index is 10.8. The molecule has 2 aromatic rings. The highest BCUT2D eigenvalue weighted by atomic mass is 16.1. The van der Waals surface area contributed by atoms with Crippen LogP contribution in [0, 0.1) is 20.8 Å². The number of hydrogen-bond acceptors (Lipinski definition) is 2. The van der Waals surface area contributed by atoms with Gasteiger partial charge in [-0.2, -0.15) is 5.10 Å². The summed E-state index contributed by atoms with van der Waals surface area (Å²) < 4.78 is 1.97. The van der Waals surface area contributed by atoms with Gasteiger partial charge in [0, 0.05) is 11.3 Å². The van der Waals surface area contributed by atoms with Gasteiger partial charge in [0.05, 0.1) is 11.4 Å². The van der Waals surface area contributed by atoms with E-state index in [1.54, 1.807) is 0 Å². The van der Waals surface area contributed by atoms with Gasteiger partial charge in [0.25, 0.3) is 0 Å². The Morgan fingerprint density at radius 1 is 1.28 bits per heavy atom. The molecular formula is C15H18N2O. The van der Waals surface area contributed by atoms with Crippen LogP contribution in [-0.2, 0) is 6.42 Å². The molecule has 2 rings (SSSR count). The molecule has 0 bridgehead atoms. The average molecular weight is 242 g/mol. The lowest BCUT2D eigenvalue weighted by Crippen LogP contribution is -2.02. The fraction of sp³-hybridized carbons (Fsp3) is 0.333. The monoisotopic (exact) mass is 242 g/mol. The van der Waals surface area contributed by atoms with E-state index in [0.717, 1.165) is 29.7 Å². The van der Waals surface area contributed by atoms with E-state index in [0.29, 0.717) is 5.56 Å². The number of aromatic nitrogens is 2. The SMILES string of the molecule is CCc1c(C)nn(-c2ccc(C=O)cc2C)c1C. The number of nitrogens with zero attached hydrogens (tertiary/aromatic N) is 2. The molecule has 0 spiro atoms. The van der Waals surface area contributed by atoms with Crippen LogP contribution in [0.4, 0.5) is 0 Å². The van der Waals surface area contributed by atoms with Crippen molar-refractivity contribution in [1.82, 2.24) is 9.78 Å². The summed E-state index contributed by atoms with van der Waals surface area (Å²) in [4.78, 5) is 10.8. The standard InChI is InChI=1S/C15H18N2O/c1-5-14-11(3)16-17(12(14)4)15-7-6-13(9-18)8-10(15)2/h6-9H,5H2,1-4H3. The van der Waals surface area contributed by atoms with Crippen LogP contribution >= 0.6 is 0 Å². The van der Waals surface area contributed by atoms with Crippen molar-refractivity contribution in [3.63, 3.8) is 0 Å². The summed E-state index contributed by atoms with van der Waals surface area (Å²) in [6, 6.07) is 5.68. The van der Waals surface area contributed by atoms with Crippen molar-refractivity contribution in [2.24, 2.45) is 0 Å². The number of aryl methyl sites for hydroxylation is 2. The van der Waals surface area contributed by atoms with Crippen LogP contribution in [0.1, 0.15) is 39.8 Å². The lowest BCUT2D eigenvalue weighted by Gasteiger charge is -2.09. The predicted molar refractivity (Wildman–Crippen MR) is 72.5 cm³/mol. The van der Waals surface area contributed by atoms with Crippen molar-refractivity contribution in [2.75, 3.05) is 0 Å². The molecule has 18 heavy (non-hydrogen) atoms. The molecular weight excluding hydrogens is 224 g/mol. The molecule has 94 valence electrons. The van der Waals surface area contributed by atoms with Crippen molar-refractivity contribution in [1.29, 1.82) is 0 Å². The summed E-state index contributed by atoms with van der Waals surface area (Å²) in [5, 5.41) is 4.60. The third-order valence-corrected chi connectivity index (χ3v) is 3.38. The molecule has 3 heteroatoms. The molecule has 0 radical (unpaired) electrons. The Kier molecular flexibility index (Phi) is 3.32. The van der Waals surface area contributed by atoms with Gasteiger partial charge in [0.2, 0.25) is 0 Å². The predicted octanol–water partition coefficient (Wildman–Crippen LogP) is 3.17. The van der Waals surface area contributed by atoms with Crippen molar-refractivity contribution < 1.29 is 4.79 Å². The van der Waals surface area contributed by atoms with Crippen LogP contribution < -0.4 is 0 Å². The van der Waals surface area contributed by atoms with Crippen LogP contribution in [-0.4, -0.2) is 16.1 Å². The average Bonchev–Trinajstić information content (AvgIpc) is 2.64. The summed E-state index contributed by atoms with van der Waals surface area (Å²) in [6.07, 6.45) is 1.86. The normalized spacial score (nSPS) is 10.7. The van der Waals surface area contributed by atoms with Gasteiger partial charge in [-0.3, -0.25) is 4.79 Å². The molecule has 0 atom stereocenters. The zero-order valence-electron chi connectivity index (χ0n) is 11.3. The fourth-order valence-corrected chi connectivity index (χ4v) is 2.41. The molecule has 0 fully saturated rings. The molecule has 0 saturated heterocycles. The molecule has 1 aromatic carbocycles. The van der Waals surface area contributed by atoms with Crippen molar-refractivity contribution in [2.45, 2.75) is 34.1 Å². The minimum absolute atomic E-state index is 0.702. The number of rotatable bonds is 3. The van der Waals surface area contributed by atoms with Gasteiger partial charge in [0.15, 0.2) is 0 Å². The van der Waals surface area contributed by atoms with Crippen LogP contribution in [0.3, 0.4) is 0 Å². The molecule has 0 amide bonds. The number of aldehydes is 1. The highest BCUT2D eigenvalue weighted by Gasteiger charge is 2.12. The van der Waals surface area contributed by atoms with E-state index in [4.69, 9.17) is 0 Å². The van der Waals surface area contributed by atoms with E-state index in [1.807, 2.05) is 36.7 Å². The van der Waals surface area contributed by atoms with E-state index in [2.05, 4.69) is 18.9 Å². The van der Waals surface area contributed by atoms with Gasteiger partial charge < -0.3 is 0 Å². The van der Waals surface area contributed by atoms with Crippen LogP contribution in [0.15, 0.2) is 18.2 Å². The first kappa shape index (κ1) is 12.6. The summed E-state index contributed by atoms with van der Waals surface area (Å²) in [5.74, 6) is 0. The van der Waals surface area contributed by atoms with Gasteiger partial charge in [-0.15, -0.1) is 0 Å². The zero-order valence-corrected chi connectivity index (χ0v) is 11.3. The summed E-state index contributed by atoms with van der Waals surface area (Å²) >= 11 is 0. The Labute approximate surface area is 107 Å². The molecule has 1 aromatic heterocycles. The topological polar surface area (TPSA) is 34.9 Å². The first-order chi connectivity index (χ1) is 8.58. The third-order valence-electron chi connectivity index (χ3n) is 3.38. The van der Waals surface area contributed by atoms with E-state index < -0.39 is 0 Å². The Balaban J connectivity index is 2.59. The second-order valence-corrected chi connectivity index (χ2v) is 4.58. The second kappa shape index (κ2) is 4.77. The first-order valence-electron chi connectivity index (χ1n) is 6.19. The van der Waals surface area contributed by atoms with Crippen molar-refractivity contribution in [3.05, 3.63) is 46.3 Å². The van der Waals surface area contributed by atoms with Crippen LogP contribution in [0.2, 0.25) is 0 Å². The first-order valence-corrected chi connectivity index (χ1v) is 6.19. The smallest absolute Gasteiger partial charge is 0.150 e. The quantitative estimate of drug-likeness (QED) is 0.775. The highest BCUT2D eigenvalue weighted by molar-refractivity contribution is 5.75. The number of carbonyl (C=O) groups is 1. The number of carbonyl (C=O) groups excluding carboxylic acids is 1. The van der Waals surface area contributed by atoms with Gasteiger partial charge in [-0.1, -0.05) is 6.92 Å². The van der Waals surface area contributed by atoms with Crippen molar-refractivity contribution >= 4 is 6.29 Å². The minimum Gasteiger partial charge on any atom is -0.298 e. The van der Waals surface area contributed by atoms with E-state index in [1.165, 1.54) is 11.3 Å². The summed E-state index contributed by atoms with van der Waals surface area (Å²) in [6.45, 7) is 8.28. The van der Waals surface area contributed by atoms with E-state index in [-0.39, 0.29) is 0 Å². The number of hydrogen-bond donors (Lipinski definition) is 0. The molecule has 0 aliphatic carbocycles. The molecule has 0 saturated carbocycles. The Hall–Kier alpha value is -1.90. The molecule has 0 aliphatic heterocycles. The third kappa shape index (κ3) is 1.96. The Bertz CT molecular complexity index is 597. The van der Waals surface area contributed by atoms with Gasteiger partial charge >= 0.3 is 0 Å². The van der Waals surface area contributed by atoms with Gasteiger partial charge in [0.1, 0.15) is 6.29 Å². The molecule has 0 N–H and O–H groups in total. The van der Waals surface area contributed by atoms with Crippen molar-refractivity contribution in [3.8, 4) is 5.69 Å². The largest absolute Gasteiger partial charge is 0.298 e. The lowest BCUT2D eigenvalue weighted by molar-refractivity contribution is 0.112. The van der Waals surface area contributed by atoms with Crippen LogP contribution in [0.5, 0.6) is 0 Å². The van der Waals surface area contributed by atoms with Gasteiger partial charge in [-0.25, -0.2) is 4.68 Å². The van der Waals surface area contributed by atoms with Gasteiger partial charge in [-0.05, 0) is 56.5 Å². The zero-order chi connectivity index (χ0) is 13.3. The Morgan fingerprint density at radius 2 is 2.00 bits per heavy atom. The maximum Gasteiger partial charge on any atom is 0.150 e. The maximum atomic E-state index is 10.8. The molecule has 1 heterocycles. The van der Waals surface area contributed by atoms with E-state index in [9.17, 15) is 4.79 Å². The minimum atomic E-state index is 0.702. The van der Waals surface area contributed by atoms with Crippen LogP contribution in [0.25, 0.3) is 5.69 Å².